The largest absolute Gasteiger partial charge is 0.350 e. The van der Waals surface area contributed by atoms with Crippen molar-refractivity contribution in [1.82, 2.24) is 10.2 Å². The smallest absolute Gasteiger partial charge is 0.242 e. The molecule has 198 valence electrons. The van der Waals surface area contributed by atoms with Crippen molar-refractivity contribution in [2.45, 2.75) is 78.9 Å². The SMILES string of the molecule is CCc1ccc(N(CCCC(=O)N(Cc2cccc(C)c2)[C@H](C)C(=O)NC(C)(C)C)S(C)(=O)=O)cc1. The first-order valence-corrected chi connectivity index (χ1v) is 14.3. The first kappa shape index (κ1) is 29.4. The van der Waals surface area contributed by atoms with Gasteiger partial charge >= 0.3 is 0 Å². The Balaban J connectivity index is 2.18. The Labute approximate surface area is 216 Å². The van der Waals surface area contributed by atoms with Gasteiger partial charge in [-0.25, -0.2) is 8.42 Å². The van der Waals surface area contributed by atoms with E-state index in [2.05, 4.69) is 5.32 Å². The lowest BCUT2D eigenvalue weighted by atomic mass is 10.1. The quantitative estimate of drug-likeness (QED) is 0.479. The van der Waals surface area contributed by atoms with E-state index in [4.69, 9.17) is 0 Å². The number of rotatable bonds is 11. The van der Waals surface area contributed by atoms with Crippen LogP contribution in [0, 0.1) is 6.92 Å². The molecule has 0 bridgehead atoms. The number of hydrogen-bond donors (Lipinski definition) is 1. The summed E-state index contributed by atoms with van der Waals surface area (Å²) in [6, 6.07) is 14.6. The highest BCUT2D eigenvalue weighted by atomic mass is 32.2. The first-order chi connectivity index (χ1) is 16.7. The van der Waals surface area contributed by atoms with Crippen molar-refractivity contribution in [2.24, 2.45) is 0 Å². The Morgan fingerprint density at radius 2 is 1.67 bits per heavy atom. The lowest BCUT2D eigenvalue weighted by Crippen LogP contribution is -2.52. The summed E-state index contributed by atoms with van der Waals surface area (Å²) in [4.78, 5) is 27.9. The van der Waals surface area contributed by atoms with Gasteiger partial charge in [0.15, 0.2) is 0 Å². The third kappa shape index (κ3) is 8.97. The van der Waals surface area contributed by atoms with Crippen molar-refractivity contribution in [3.05, 3.63) is 65.2 Å². The Morgan fingerprint density at radius 1 is 1.03 bits per heavy atom. The van der Waals surface area contributed by atoms with Crippen LogP contribution in [-0.4, -0.2) is 49.5 Å². The van der Waals surface area contributed by atoms with Crippen LogP contribution < -0.4 is 9.62 Å². The van der Waals surface area contributed by atoms with Crippen molar-refractivity contribution < 1.29 is 18.0 Å². The third-order valence-corrected chi connectivity index (χ3v) is 7.08. The van der Waals surface area contributed by atoms with Crippen LogP contribution in [0.5, 0.6) is 0 Å². The van der Waals surface area contributed by atoms with Gasteiger partial charge < -0.3 is 10.2 Å². The summed E-state index contributed by atoms with van der Waals surface area (Å²) in [5.41, 5.74) is 3.29. The Kier molecular flexibility index (Phi) is 10.1. The average Bonchev–Trinajstić information content (AvgIpc) is 2.78. The summed E-state index contributed by atoms with van der Waals surface area (Å²) in [6.07, 6.45) is 2.49. The number of benzene rings is 2. The van der Waals surface area contributed by atoms with E-state index in [9.17, 15) is 18.0 Å². The maximum absolute atomic E-state index is 13.4. The molecule has 7 nitrogen and oxygen atoms in total. The third-order valence-electron chi connectivity index (χ3n) is 5.89. The van der Waals surface area contributed by atoms with Crippen molar-refractivity contribution in [3.63, 3.8) is 0 Å². The fraction of sp³-hybridized carbons (Fsp3) is 0.500. The number of nitrogens with one attached hydrogen (secondary N) is 1. The number of aryl methyl sites for hydroxylation is 2. The maximum atomic E-state index is 13.4. The molecular weight excluding hydrogens is 474 g/mol. The van der Waals surface area contributed by atoms with Gasteiger partial charge in [0, 0.05) is 25.0 Å². The van der Waals surface area contributed by atoms with E-state index in [0.717, 1.165) is 23.1 Å². The molecule has 2 amide bonds. The number of sulfonamides is 1. The number of carbonyl (C=O) groups excluding carboxylic acids is 2. The fourth-order valence-electron chi connectivity index (χ4n) is 3.97. The predicted octanol–water partition coefficient (Wildman–Crippen LogP) is 4.44. The van der Waals surface area contributed by atoms with Crippen LogP contribution in [0.1, 0.15) is 64.2 Å². The Morgan fingerprint density at radius 3 is 2.19 bits per heavy atom. The monoisotopic (exact) mass is 515 g/mol. The van der Waals surface area contributed by atoms with E-state index in [0.29, 0.717) is 18.7 Å². The van der Waals surface area contributed by atoms with E-state index in [1.807, 2.05) is 71.0 Å². The number of hydrogen-bond acceptors (Lipinski definition) is 4. The molecule has 0 aliphatic carbocycles. The zero-order chi connectivity index (χ0) is 27.1. The van der Waals surface area contributed by atoms with Gasteiger partial charge in [0.25, 0.3) is 0 Å². The molecule has 8 heteroatoms. The van der Waals surface area contributed by atoms with Gasteiger partial charge in [0.05, 0.1) is 11.9 Å². The number of nitrogens with zero attached hydrogens (tertiary/aromatic N) is 2. The normalized spacial score (nSPS) is 12.6. The number of carbonyl (C=O) groups is 2. The first-order valence-electron chi connectivity index (χ1n) is 12.4. The summed E-state index contributed by atoms with van der Waals surface area (Å²) in [5.74, 6) is -0.417. The molecule has 0 aliphatic rings. The van der Waals surface area contributed by atoms with Crippen LogP contribution in [0.2, 0.25) is 0 Å². The molecular formula is C28H41N3O4S. The molecule has 2 aromatic carbocycles. The summed E-state index contributed by atoms with van der Waals surface area (Å²) < 4.78 is 26.3. The predicted molar refractivity (Wildman–Crippen MR) is 146 cm³/mol. The lowest BCUT2D eigenvalue weighted by Gasteiger charge is -2.32. The van der Waals surface area contributed by atoms with Gasteiger partial charge in [-0.2, -0.15) is 0 Å². The summed E-state index contributed by atoms with van der Waals surface area (Å²) in [5, 5.41) is 2.96. The van der Waals surface area contributed by atoms with Gasteiger partial charge in [-0.1, -0.05) is 48.9 Å². The Hall–Kier alpha value is -2.87. The minimum absolute atomic E-state index is 0.123. The van der Waals surface area contributed by atoms with Gasteiger partial charge in [0.2, 0.25) is 21.8 Å². The molecule has 2 rings (SSSR count). The zero-order valence-electron chi connectivity index (χ0n) is 22.7. The Bertz CT molecular complexity index is 1140. The highest BCUT2D eigenvalue weighted by Crippen LogP contribution is 2.20. The molecule has 0 radical (unpaired) electrons. The fourth-order valence-corrected chi connectivity index (χ4v) is 4.93. The van der Waals surface area contributed by atoms with E-state index in [1.54, 1.807) is 24.0 Å². The second kappa shape index (κ2) is 12.4. The maximum Gasteiger partial charge on any atom is 0.242 e. The molecule has 1 atom stereocenters. The van der Waals surface area contributed by atoms with Crippen molar-refractivity contribution in [2.75, 3.05) is 17.1 Å². The van der Waals surface area contributed by atoms with Crippen LogP contribution in [0.3, 0.4) is 0 Å². The van der Waals surface area contributed by atoms with Gasteiger partial charge in [-0.15, -0.1) is 0 Å². The summed E-state index contributed by atoms with van der Waals surface area (Å²) in [7, 11) is -3.51. The molecule has 0 aromatic heterocycles. The van der Waals surface area contributed by atoms with E-state index in [1.165, 1.54) is 10.6 Å². The molecule has 1 N–H and O–H groups in total. The molecule has 0 saturated carbocycles. The van der Waals surface area contributed by atoms with Gasteiger partial charge in [-0.05, 0) is 70.7 Å². The molecule has 0 spiro atoms. The number of anilines is 1. The molecule has 0 heterocycles. The number of amides is 2. The molecule has 0 saturated heterocycles. The second-order valence-electron chi connectivity index (χ2n) is 10.4. The summed E-state index contributed by atoms with van der Waals surface area (Å²) >= 11 is 0. The van der Waals surface area contributed by atoms with E-state index < -0.39 is 21.6 Å². The molecule has 2 aromatic rings. The van der Waals surface area contributed by atoms with Crippen LogP contribution in [-0.2, 0) is 32.6 Å². The highest BCUT2D eigenvalue weighted by molar-refractivity contribution is 7.92. The highest BCUT2D eigenvalue weighted by Gasteiger charge is 2.28. The average molecular weight is 516 g/mol. The molecule has 0 unspecified atom stereocenters. The topological polar surface area (TPSA) is 86.8 Å². The van der Waals surface area contributed by atoms with Gasteiger partial charge in [0.1, 0.15) is 6.04 Å². The summed E-state index contributed by atoms with van der Waals surface area (Å²) in [6.45, 7) is 11.9. The molecule has 36 heavy (non-hydrogen) atoms. The standard InChI is InChI=1S/C28H41N3O4S/c1-8-23-14-16-25(17-15-23)31(36(7,34)35)18-10-13-26(32)30(20-24-12-9-11-21(2)19-24)22(3)27(33)29-28(4,5)6/h9,11-12,14-17,19,22H,8,10,13,18,20H2,1-7H3,(H,29,33)/t22-/m1/s1. The minimum atomic E-state index is -3.51. The van der Waals surface area contributed by atoms with Crippen LogP contribution >= 0.6 is 0 Å². The zero-order valence-corrected chi connectivity index (χ0v) is 23.5. The van der Waals surface area contributed by atoms with Crippen LogP contribution in [0.4, 0.5) is 5.69 Å². The lowest BCUT2D eigenvalue weighted by molar-refractivity contribution is -0.141. The minimum Gasteiger partial charge on any atom is -0.350 e. The van der Waals surface area contributed by atoms with Crippen molar-refractivity contribution >= 4 is 27.5 Å². The molecule has 0 fully saturated rings. The van der Waals surface area contributed by atoms with E-state index in [-0.39, 0.29) is 24.8 Å². The van der Waals surface area contributed by atoms with Crippen molar-refractivity contribution in [1.29, 1.82) is 0 Å². The van der Waals surface area contributed by atoms with Gasteiger partial charge in [-0.3, -0.25) is 13.9 Å². The van der Waals surface area contributed by atoms with Crippen molar-refractivity contribution in [3.8, 4) is 0 Å². The van der Waals surface area contributed by atoms with E-state index >= 15 is 0 Å². The van der Waals surface area contributed by atoms with Crippen LogP contribution in [0.15, 0.2) is 48.5 Å². The van der Waals surface area contributed by atoms with Crippen LogP contribution in [0.25, 0.3) is 0 Å². The second-order valence-corrected chi connectivity index (χ2v) is 12.3. The molecule has 0 aliphatic heterocycles.